The van der Waals surface area contributed by atoms with E-state index in [0.29, 0.717) is 23.7 Å². The maximum atomic E-state index is 12.2. The first kappa shape index (κ1) is 17.7. The molecule has 0 atom stereocenters. The lowest BCUT2D eigenvalue weighted by Crippen LogP contribution is -2.39. The van der Waals surface area contributed by atoms with Crippen molar-refractivity contribution in [3.8, 4) is 6.07 Å². The molecule has 26 heavy (non-hydrogen) atoms. The number of amides is 2. The van der Waals surface area contributed by atoms with Gasteiger partial charge in [0.05, 0.1) is 11.6 Å². The summed E-state index contributed by atoms with van der Waals surface area (Å²) in [5.41, 5.74) is 3.24. The maximum absolute atomic E-state index is 12.2. The first-order valence-corrected chi connectivity index (χ1v) is 8.87. The van der Waals surface area contributed by atoms with Crippen molar-refractivity contribution in [2.45, 2.75) is 19.8 Å². The quantitative estimate of drug-likeness (QED) is 0.887. The molecule has 0 spiro atoms. The topological polar surface area (TPSA) is 81.0 Å². The van der Waals surface area contributed by atoms with Gasteiger partial charge in [0.2, 0.25) is 0 Å². The highest BCUT2D eigenvalue weighted by Crippen LogP contribution is 2.22. The summed E-state index contributed by atoms with van der Waals surface area (Å²) in [6.45, 7) is 4.47. The Kier molecular flexibility index (Phi) is 5.69. The van der Waals surface area contributed by atoms with Gasteiger partial charge in [-0.05, 0) is 55.5 Å². The molecule has 3 rings (SSSR count). The Hall–Kier alpha value is -3.07. The van der Waals surface area contributed by atoms with Crippen molar-refractivity contribution >= 4 is 17.4 Å². The van der Waals surface area contributed by atoms with Gasteiger partial charge in [-0.25, -0.2) is 4.79 Å². The maximum Gasteiger partial charge on any atom is 0.319 e. The van der Waals surface area contributed by atoms with Crippen LogP contribution < -0.4 is 15.5 Å². The van der Waals surface area contributed by atoms with Crippen molar-refractivity contribution in [2.24, 2.45) is 5.92 Å². The van der Waals surface area contributed by atoms with Crippen molar-refractivity contribution in [2.75, 3.05) is 29.9 Å². The lowest BCUT2D eigenvalue weighted by molar-refractivity contribution is 0.248. The normalized spacial score (nSPS) is 14.5. The summed E-state index contributed by atoms with van der Waals surface area (Å²) in [4.78, 5) is 18.6. The van der Waals surface area contributed by atoms with Crippen LogP contribution >= 0.6 is 0 Å². The molecule has 1 aliphatic rings. The summed E-state index contributed by atoms with van der Waals surface area (Å²) in [7, 11) is 0. The summed E-state index contributed by atoms with van der Waals surface area (Å²) in [6.07, 6.45) is 5.73. The van der Waals surface area contributed by atoms with E-state index in [-0.39, 0.29) is 6.03 Å². The smallest absolute Gasteiger partial charge is 0.319 e. The van der Waals surface area contributed by atoms with Gasteiger partial charge in [-0.3, -0.25) is 4.98 Å². The number of rotatable bonds is 4. The molecule has 0 bridgehead atoms. The van der Waals surface area contributed by atoms with Crippen molar-refractivity contribution < 1.29 is 4.79 Å². The van der Waals surface area contributed by atoms with Crippen LogP contribution in [0.1, 0.15) is 24.0 Å². The average Bonchev–Trinajstić information content (AvgIpc) is 2.69. The number of carbonyl (C=O) groups is 1. The van der Waals surface area contributed by atoms with Crippen LogP contribution in [0, 0.1) is 24.2 Å². The van der Waals surface area contributed by atoms with Gasteiger partial charge in [-0.15, -0.1) is 0 Å². The van der Waals surface area contributed by atoms with Crippen molar-refractivity contribution in [3.63, 3.8) is 0 Å². The molecule has 1 aliphatic heterocycles. The number of pyridine rings is 1. The van der Waals surface area contributed by atoms with Crippen molar-refractivity contribution in [1.29, 1.82) is 5.26 Å². The number of hydrogen-bond acceptors (Lipinski definition) is 4. The molecule has 1 saturated heterocycles. The second kappa shape index (κ2) is 8.34. The van der Waals surface area contributed by atoms with Gasteiger partial charge >= 0.3 is 6.03 Å². The Labute approximate surface area is 153 Å². The van der Waals surface area contributed by atoms with Crippen LogP contribution in [0.3, 0.4) is 0 Å². The molecule has 0 unspecified atom stereocenters. The number of urea groups is 1. The highest BCUT2D eigenvalue weighted by atomic mass is 16.2. The van der Waals surface area contributed by atoms with E-state index in [0.717, 1.165) is 31.5 Å². The van der Waals surface area contributed by atoms with Crippen LogP contribution in [0.25, 0.3) is 0 Å². The molecule has 0 radical (unpaired) electrons. The zero-order valence-corrected chi connectivity index (χ0v) is 14.9. The average molecular weight is 349 g/mol. The van der Waals surface area contributed by atoms with Gasteiger partial charge in [-0.2, -0.15) is 5.26 Å². The van der Waals surface area contributed by atoms with E-state index < -0.39 is 0 Å². The monoisotopic (exact) mass is 349 g/mol. The van der Waals surface area contributed by atoms with Crippen LogP contribution in [0.4, 0.5) is 16.2 Å². The Morgan fingerprint density at radius 3 is 2.69 bits per heavy atom. The van der Waals surface area contributed by atoms with Gasteiger partial charge < -0.3 is 15.5 Å². The predicted octanol–water partition coefficient (Wildman–Crippen LogP) is 3.30. The third-order valence-corrected chi connectivity index (χ3v) is 4.90. The molecule has 0 saturated carbocycles. The van der Waals surface area contributed by atoms with Gasteiger partial charge in [-0.1, -0.05) is 6.07 Å². The number of carbonyl (C=O) groups excluding carboxylic acids is 1. The molecular formula is C20H23N5O. The number of nitrogens with one attached hydrogen (secondary N) is 2. The SMILES string of the molecule is Cc1c(C#N)cccc1NC(=O)NCC1CCN(c2ccncc2)CC1. The van der Waals surface area contributed by atoms with Crippen LogP contribution in [0.5, 0.6) is 0 Å². The van der Waals surface area contributed by atoms with E-state index in [2.05, 4.69) is 26.6 Å². The zero-order chi connectivity index (χ0) is 18.4. The van der Waals surface area contributed by atoms with E-state index in [1.54, 1.807) is 12.1 Å². The number of hydrogen-bond donors (Lipinski definition) is 2. The lowest BCUT2D eigenvalue weighted by Gasteiger charge is -2.33. The molecule has 1 fully saturated rings. The minimum Gasteiger partial charge on any atom is -0.371 e. The lowest BCUT2D eigenvalue weighted by atomic mass is 9.96. The molecular weight excluding hydrogens is 326 g/mol. The van der Waals surface area contributed by atoms with Gasteiger partial charge in [0.1, 0.15) is 0 Å². The highest BCUT2D eigenvalue weighted by molar-refractivity contribution is 5.90. The Morgan fingerprint density at radius 1 is 1.27 bits per heavy atom. The Bertz CT molecular complexity index is 792. The first-order chi connectivity index (χ1) is 12.7. The van der Waals surface area contributed by atoms with Crippen LogP contribution in [-0.2, 0) is 0 Å². The van der Waals surface area contributed by atoms with Crippen molar-refractivity contribution in [3.05, 3.63) is 53.9 Å². The molecule has 2 amide bonds. The fraction of sp³-hybridized carbons (Fsp3) is 0.350. The number of nitriles is 1. The van der Waals surface area contributed by atoms with E-state index in [1.807, 2.05) is 37.5 Å². The molecule has 2 heterocycles. The highest BCUT2D eigenvalue weighted by Gasteiger charge is 2.20. The number of benzene rings is 1. The van der Waals surface area contributed by atoms with E-state index >= 15 is 0 Å². The summed E-state index contributed by atoms with van der Waals surface area (Å²) < 4.78 is 0. The van der Waals surface area contributed by atoms with Gasteiger partial charge in [0.25, 0.3) is 0 Å². The standard InChI is InChI=1S/C20H23N5O/c1-15-17(13-21)3-2-4-19(15)24-20(26)23-14-16-7-11-25(12-8-16)18-5-9-22-10-6-18/h2-6,9-10,16H,7-8,11-12,14H2,1H3,(H2,23,24,26). The number of anilines is 2. The molecule has 6 heteroatoms. The summed E-state index contributed by atoms with van der Waals surface area (Å²) in [6, 6.07) is 11.3. The van der Waals surface area contributed by atoms with Crippen LogP contribution in [-0.4, -0.2) is 30.6 Å². The Morgan fingerprint density at radius 2 is 2.00 bits per heavy atom. The molecule has 1 aromatic heterocycles. The molecule has 0 aliphatic carbocycles. The van der Waals surface area contributed by atoms with E-state index in [1.165, 1.54) is 5.69 Å². The number of piperidine rings is 1. The summed E-state index contributed by atoms with van der Waals surface area (Å²) in [5, 5.41) is 14.9. The Balaban J connectivity index is 1.45. The van der Waals surface area contributed by atoms with E-state index in [4.69, 9.17) is 5.26 Å². The summed E-state index contributed by atoms with van der Waals surface area (Å²) >= 11 is 0. The van der Waals surface area contributed by atoms with Gasteiger partial charge in [0, 0.05) is 43.4 Å². The first-order valence-electron chi connectivity index (χ1n) is 8.87. The second-order valence-corrected chi connectivity index (χ2v) is 6.56. The summed E-state index contributed by atoms with van der Waals surface area (Å²) in [5.74, 6) is 0.477. The fourth-order valence-corrected chi connectivity index (χ4v) is 3.25. The molecule has 6 nitrogen and oxygen atoms in total. The molecule has 134 valence electrons. The van der Waals surface area contributed by atoms with E-state index in [9.17, 15) is 4.79 Å². The zero-order valence-electron chi connectivity index (χ0n) is 14.9. The predicted molar refractivity (Wildman–Crippen MR) is 102 cm³/mol. The molecule has 2 aromatic rings. The van der Waals surface area contributed by atoms with Gasteiger partial charge in [0.15, 0.2) is 0 Å². The largest absolute Gasteiger partial charge is 0.371 e. The number of aromatic nitrogens is 1. The fourth-order valence-electron chi connectivity index (χ4n) is 3.25. The third kappa shape index (κ3) is 4.31. The third-order valence-electron chi connectivity index (χ3n) is 4.90. The number of nitrogens with zero attached hydrogens (tertiary/aromatic N) is 3. The minimum absolute atomic E-state index is 0.222. The van der Waals surface area contributed by atoms with Crippen molar-refractivity contribution in [1.82, 2.24) is 10.3 Å². The molecule has 1 aromatic carbocycles. The minimum atomic E-state index is -0.222. The second-order valence-electron chi connectivity index (χ2n) is 6.56. The van der Waals surface area contributed by atoms with Crippen LogP contribution in [0.2, 0.25) is 0 Å². The van der Waals surface area contributed by atoms with Crippen LogP contribution in [0.15, 0.2) is 42.7 Å². The molecule has 2 N–H and O–H groups in total.